The van der Waals surface area contributed by atoms with E-state index in [1.54, 1.807) is 25.6 Å². The first-order valence-corrected chi connectivity index (χ1v) is 11.1. The molecule has 0 radical (unpaired) electrons. The molecule has 0 bridgehead atoms. The molecule has 0 aliphatic heterocycles. The van der Waals surface area contributed by atoms with Crippen LogP contribution in [-0.2, 0) is 6.42 Å². The third-order valence-corrected chi connectivity index (χ3v) is 6.06. The van der Waals surface area contributed by atoms with Gasteiger partial charge in [-0.05, 0) is 79.8 Å². The number of rotatable bonds is 8. The molecular formula is C25H30FNS. The molecular weight excluding hydrogens is 365 g/mol. The second-order valence-corrected chi connectivity index (χ2v) is 9.07. The summed E-state index contributed by atoms with van der Waals surface area (Å²) >= 11 is 1.76. The first-order chi connectivity index (χ1) is 13.3. The fourth-order valence-electron chi connectivity index (χ4n) is 3.77. The molecule has 28 heavy (non-hydrogen) atoms. The summed E-state index contributed by atoms with van der Waals surface area (Å²) < 4.78 is 14.0. The number of hydrogen-bond acceptors (Lipinski definition) is 2. The third-order valence-electron chi connectivity index (χ3n) is 5.31. The highest BCUT2D eigenvalue weighted by Gasteiger charge is 2.24. The fraction of sp³-hybridized carbons (Fsp3) is 0.360. The molecule has 1 aliphatic rings. The van der Waals surface area contributed by atoms with E-state index >= 15 is 0 Å². The Balaban J connectivity index is 1.70. The molecule has 2 atom stereocenters. The lowest BCUT2D eigenvalue weighted by molar-refractivity contribution is 0.186. The Hall–Kier alpha value is -1.84. The number of alkyl halides is 1. The smallest absolute Gasteiger partial charge is 0.107 e. The standard InChI is InChI=1S/C25H30FNS/c1-6-23(16-25(3,4)26)27-17(2)21-13-20-8-7-19(14-22(20)15-21)18-9-11-24(28-5)12-10-18/h6-14,17,23,27H,1,15-16H2,2-5H3. The second-order valence-electron chi connectivity index (χ2n) is 8.19. The lowest BCUT2D eigenvalue weighted by atomic mass is 9.98. The number of halogens is 1. The summed E-state index contributed by atoms with van der Waals surface area (Å²) in [4.78, 5) is 1.28. The zero-order chi connectivity index (χ0) is 20.3. The molecule has 0 saturated heterocycles. The predicted molar refractivity (Wildman–Crippen MR) is 122 cm³/mol. The predicted octanol–water partition coefficient (Wildman–Crippen LogP) is 6.69. The van der Waals surface area contributed by atoms with Crippen molar-refractivity contribution in [3.63, 3.8) is 0 Å². The van der Waals surface area contributed by atoms with E-state index in [0.717, 1.165) is 6.42 Å². The molecule has 2 unspecified atom stereocenters. The van der Waals surface area contributed by atoms with Crippen molar-refractivity contribution >= 4 is 17.8 Å². The van der Waals surface area contributed by atoms with Crippen molar-refractivity contribution in [1.82, 2.24) is 5.32 Å². The molecule has 1 aliphatic carbocycles. The SMILES string of the molecule is C=CC(CC(C)(C)F)NC(C)C1=Cc2ccc(-c3ccc(SC)cc3)cc2C1. The molecule has 148 valence electrons. The summed E-state index contributed by atoms with van der Waals surface area (Å²) in [5.74, 6) is 0. The normalized spacial score (nSPS) is 15.7. The van der Waals surface area contributed by atoms with E-state index in [2.05, 4.69) is 73.6 Å². The Morgan fingerprint density at radius 1 is 1.18 bits per heavy atom. The van der Waals surface area contributed by atoms with E-state index < -0.39 is 5.67 Å². The number of fused-ring (bicyclic) bond motifs is 1. The molecule has 0 amide bonds. The number of hydrogen-bond donors (Lipinski definition) is 1. The Kier molecular flexibility index (Phi) is 6.47. The largest absolute Gasteiger partial charge is 0.304 e. The highest BCUT2D eigenvalue weighted by atomic mass is 32.2. The summed E-state index contributed by atoms with van der Waals surface area (Å²) in [5, 5.41) is 3.53. The topological polar surface area (TPSA) is 12.0 Å². The van der Waals surface area contributed by atoms with Crippen molar-refractivity contribution in [2.45, 2.75) is 56.3 Å². The van der Waals surface area contributed by atoms with Gasteiger partial charge in [-0.3, -0.25) is 0 Å². The van der Waals surface area contributed by atoms with Gasteiger partial charge in [0, 0.05) is 17.0 Å². The zero-order valence-corrected chi connectivity index (χ0v) is 18.1. The van der Waals surface area contributed by atoms with Gasteiger partial charge in [0.05, 0.1) is 0 Å². The van der Waals surface area contributed by atoms with Gasteiger partial charge in [-0.2, -0.15) is 0 Å². The van der Waals surface area contributed by atoms with Crippen molar-refractivity contribution in [3.05, 3.63) is 71.8 Å². The van der Waals surface area contributed by atoms with Crippen LogP contribution in [0.2, 0.25) is 0 Å². The Morgan fingerprint density at radius 3 is 2.46 bits per heavy atom. The van der Waals surface area contributed by atoms with Gasteiger partial charge in [0.2, 0.25) is 0 Å². The summed E-state index contributed by atoms with van der Waals surface area (Å²) in [6.45, 7) is 9.26. The summed E-state index contributed by atoms with van der Waals surface area (Å²) in [6, 6.07) is 15.6. The first-order valence-electron chi connectivity index (χ1n) is 9.84. The van der Waals surface area contributed by atoms with E-state index in [4.69, 9.17) is 0 Å². The average molecular weight is 396 g/mol. The number of benzene rings is 2. The average Bonchev–Trinajstić information content (AvgIpc) is 3.10. The maximum absolute atomic E-state index is 14.0. The van der Waals surface area contributed by atoms with Crippen molar-refractivity contribution in [2.75, 3.05) is 6.26 Å². The Morgan fingerprint density at radius 2 is 1.86 bits per heavy atom. The van der Waals surface area contributed by atoms with Gasteiger partial charge in [0.15, 0.2) is 0 Å². The maximum atomic E-state index is 14.0. The summed E-state index contributed by atoms with van der Waals surface area (Å²) in [5.41, 5.74) is 5.28. The van der Waals surface area contributed by atoms with Gasteiger partial charge >= 0.3 is 0 Å². The van der Waals surface area contributed by atoms with Gasteiger partial charge in [0.1, 0.15) is 5.67 Å². The van der Waals surface area contributed by atoms with Crippen LogP contribution in [0, 0.1) is 0 Å². The molecule has 1 nitrogen and oxygen atoms in total. The molecule has 0 fully saturated rings. The molecule has 1 N–H and O–H groups in total. The van der Waals surface area contributed by atoms with Gasteiger partial charge in [-0.1, -0.05) is 42.5 Å². The van der Waals surface area contributed by atoms with Crippen LogP contribution in [0.3, 0.4) is 0 Å². The van der Waals surface area contributed by atoms with E-state index in [-0.39, 0.29) is 12.1 Å². The number of thioether (sulfide) groups is 1. The lowest BCUT2D eigenvalue weighted by Crippen LogP contribution is -2.39. The quantitative estimate of drug-likeness (QED) is 0.395. The van der Waals surface area contributed by atoms with Crippen molar-refractivity contribution < 1.29 is 4.39 Å². The monoisotopic (exact) mass is 395 g/mol. The van der Waals surface area contributed by atoms with Crippen LogP contribution < -0.4 is 5.32 Å². The summed E-state index contributed by atoms with van der Waals surface area (Å²) in [6.07, 6.45) is 7.55. The van der Waals surface area contributed by atoms with Crippen LogP contribution in [0.5, 0.6) is 0 Å². The molecule has 0 heterocycles. The lowest BCUT2D eigenvalue weighted by Gasteiger charge is -2.25. The molecule has 2 aromatic carbocycles. The van der Waals surface area contributed by atoms with Crippen molar-refractivity contribution in [1.29, 1.82) is 0 Å². The molecule has 0 aromatic heterocycles. The molecule has 0 saturated carbocycles. The van der Waals surface area contributed by atoms with E-state index in [0.29, 0.717) is 6.42 Å². The van der Waals surface area contributed by atoms with Crippen LogP contribution in [0.4, 0.5) is 4.39 Å². The van der Waals surface area contributed by atoms with Gasteiger partial charge in [0.25, 0.3) is 0 Å². The van der Waals surface area contributed by atoms with Crippen molar-refractivity contribution in [3.8, 4) is 11.1 Å². The second kappa shape index (κ2) is 8.67. The van der Waals surface area contributed by atoms with Crippen LogP contribution in [0.1, 0.15) is 38.3 Å². The fourth-order valence-corrected chi connectivity index (χ4v) is 4.18. The highest BCUT2D eigenvalue weighted by Crippen LogP contribution is 2.32. The summed E-state index contributed by atoms with van der Waals surface area (Å²) in [7, 11) is 0. The minimum absolute atomic E-state index is 0.0369. The van der Waals surface area contributed by atoms with E-state index in [9.17, 15) is 4.39 Å². The van der Waals surface area contributed by atoms with Gasteiger partial charge < -0.3 is 5.32 Å². The first kappa shape index (κ1) is 20.9. The van der Waals surface area contributed by atoms with Crippen LogP contribution in [-0.4, -0.2) is 24.0 Å². The maximum Gasteiger partial charge on any atom is 0.107 e. The van der Waals surface area contributed by atoms with E-state index in [1.807, 2.05) is 6.08 Å². The molecule has 0 spiro atoms. The van der Waals surface area contributed by atoms with Gasteiger partial charge in [-0.25, -0.2) is 4.39 Å². The number of nitrogens with one attached hydrogen (secondary N) is 1. The Labute approximate surface area is 173 Å². The minimum Gasteiger partial charge on any atom is -0.304 e. The van der Waals surface area contributed by atoms with Gasteiger partial charge in [-0.15, -0.1) is 18.3 Å². The molecule has 2 aromatic rings. The van der Waals surface area contributed by atoms with Crippen LogP contribution in [0.15, 0.2) is 65.6 Å². The molecule has 3 heteroatoms. The molecule has 3 rings (SSSR count). The zero-order valence-electron chi connectivity index (χ0n) is 17.3. The third kappa shape index (κ3) is 5.15. The van der Waals surface area contributed by atoms with E-state index in [1.165, 1.54) is 32.7 Å². The minimum atomic E-state index is -1.21. The van der Waals surface area contributed by atoms with Crippen molar-refractivity contribution in [2.24, 2.45) is 0 Å². The highest BCUT2D eigenvalue weighted by molar-refractivity contribution is 7.98. The van der Waals surface area contributed by atoms with Crippen LogP contribution in [0.25, 0.3) is 17.2 Å². The van der Waals surface area contributed by atoms with Crippen LogP contribution >= 0.6 is 11.8 Å². The Bertz CT molecular complexity index is 861.